The Kier molecular flexibility index (Phi) is 3.69. The van der Waals surface area contributed by atoms with Crippen molar-refractivity contribution >= 4 is 11.7 Å². The molecule has 0 radical (unpaired) electrons. The fraction of sp³-hybridized carbons (Fsp3) is 0.462. The van der Waals surface area contributed by atoms with Gasteiger partial charge in [0.15, 0.2) is 0 Å². The predicted octanol–water partition coefficient (Wildman–Crippen LogP) is 2.82. The molecule has 0 aliphatic heterocycles. The van der Waals surface area contributed by atoms with Crippen LogP contribution >= 0.6 is 0 Å². The highest BCUT2D eigenvalue weighted by molar-refractivity contribution is 5.96. The molecule has 0 atom stereocenters. The molecule has 18 heavy (non-hydrogen) atoms. The summed E-state index contributed by atoms with van der Waals surface area (Å²) in [5.74, 6) is -1.84. The summed E-state index contributed by atoms with van der Waals surface area (Å²) in [6.07, 6.45) is 5.12. The van der Waals surface area contributed by atoms with E-state index in [-0.39, 0.29) is 23.1 Å². The highest BCUT2D eigenvalue weighted by Crippen LogP contribution is 2.30. The van der Waals surface area contributed by atoms with E-state index < -0.39 is 11.8 Å². The molecule has 0 spiro atoms. The number of aromatic carboxylic acids is 1. The fourth-order valence-corrected chi connectivity index (χ4v) is 2.26. The molecule has 98 valence electrons. The van der Waals surface area contributed by atoms with Crippen molar-refractivity contribution in [2.24, 2.45) is 0 Å². The number of carboxylic acid groups (broad SMARTS) is 1. The third kappa shape index (κ3) is 2.55. The first-order chi connectivity index (χ1) is 8.59. The van der Waals surface area contributed by atoms with Crippen LogP contribution in [0.5, 0.6) is 5.75 Å². The number of ether oxygens (including phenoxy) is 1. The summed E-state index contributed by atoms with van der Waals surface area (Å²) in [5.41, 5.74) is 4.81. The van der Waals surface area contributed by atoms with Crippen LogP contribution in [0.3, 0.4) is 0 Å². The Bertz CT molecular complexity index is 456. The quantitative estimate of drug-likeness (QED) is 0.812. The number of hydrogen-bond acceptors (Lipinski definition) is 3. The first kappa shape index (κ1) is 12.7. The van der Waals surface area contributed by atoms with E-state index in [9.17, 15) is 9.18 Å². The number of halogens is 1. The molecule has 3 N–H and O–H groups in total. The van der Waals surface area contributed by atoms with Gasteiger partial charge in [-0.3, -0.25) is 0 Å². The fourth-order valence-electron chi connectivity index (χ4n) is 2.26. The topological polar surface area (TPSA) is 72.5 Å². The van der Waals surface area contributed by atoms with Crippen molar-refractivity contribution in [3.05, 3.63) is 23.5 Å². The van der Waals surface area contributed by atoms with E-state index in [0.717, 1.165) is 31.7 Å². The summed E-state index contributed by atoms with van der Waals surface area (Å²) in [7, 11) is 0. The number of benzene rings is 1. The zero-order valence-corrected chi connectivity index (χ0v) is 9.99. The van der Waals surface area contributed by atoms with Gasteiger partial charge in [-0.15, -0.1) is 0 Å². The van der Waals surface area contributed by atoms with Crippen LogP contribution in [0.25, 0.3) is 0 Å². The van der Waals surface area contributed by atoms with E-state index in [1.165, 1.54) is 12.5 Å². The smallest absolute Gasteiger partial charge is 0.341 e. The largest absolute Gasteiger partial charge is 0.489 e. The first-order valence-corrected chi connectivity index (χ1v) is 6.07. The van der Waals surface area contributed by atoms with Crippen LogP contribution in [-0.2, 0) is 0 Å². The van der Waals surface area contributed by atoms with Gasteiger partial charge in [-0.25, -0.2) is 9.18 Å². The van der Waals surface area contributed by atoms with Crippen molar-refractivity contribution in [2.75, 3.05) is 5.73 Å². The maximum Gasteiger partial charge on any atom is 0.341 e. The molecule has 0 saturated heterocycles. The molecule has 1 aliphatic carbocycles. The number of hydrogen-bond donors (Lipinski definition) is 2. The summed E-state index contributed by atoms with van der Waals surface area (Å²) in [6, 6.07) is 2.48. The Morgan fingerprint density at radius 3 is 2.61 bits per heavy atom. The summed E-state index contributed by atoms with van der Waals surface area (Å²) >= 11 is 0. The third-order valence-corrected chi connectivity index (χ3v) is 3.21. The molecule has 4 nitrogen and oxygen atoms in total. The molecule has 5 heteroatoms. The number of carboxylic acids is 1. The number of rotatable bonds is 3. The molecular weight excluding hydrogens is 237 g/mol. The van der Waals surface area contributed by atoms with E-state index in [2.05, 4.69) is 0 Å². The van der Waals surface area contributed by atoms with Crippen molar-refractivity contribution in [3.8, 4) is 5.75 Å². The second kappa shape index (κ2) is 5.25. The van der Waals surface area contributed by atoms with E-state index in [4.69, 9.17) is 15.6 Å². The summed E-state index contributed by atoms with van der Waals surface area (Å²) in [5, 5.41) is 9.07. The van der Waals surface area contributed by atoms with Gasteiger partial charge in [0.25, 0.3) is 0 Å². The monoisotopic (exact) mass is 253 g/mol. The second-order valence-corrected chi connectivity index (χ2v) is 4.52. The van der Waals surface area contributed by atoms with Gasteiger partial charge >= 0.3 is 5.97 Å². The predicted molar refractivity (Wildman–Crippen MR) is 65.3 cm³/mol. The molecule has 1 aromatic rings. The summed E-state index contributed by atoms with van der Waals surface area (Å²) in [4.78, 5) is 11.1. The van der Waals surface area contributed by atoms with Gasteiger partial charge in [-0.05, 0) is 37.8 Å². The van der Waals surface area contributed by atoms with E-state index in [1.54, 1.807) is 0 Å². The summed E-state index contributed by atoms with van der Waals surface area (Å²) < 4.78 is 18.9. The van der Waals surface area contributed by atoms with Crippen LogP contribution in [0.4, 0.5) is 10.1 Å². The third-order valence-electron chi connectivity index (χ3n) is 3.21. The van der Waals surface area contributed by atoms with Crippen molar-refractivity contribution in [2.45, 2.75) is 38.2 Å². The van der Waals surface area contributed by atoms with Crippen LogP contribution in [0, 0.1) is 5.82 Å². The normalized spacial score (nSPS) is 16.5. The highest BCUT2D eigenvalue weighted by atomic mass is 19.1. The average Bonchev–Trinajstić information content (AvgIpc) is 2.35. The van der Waals surface area contributed by atoms with Crippen molar-refractivity contribution in [1.82, 2.24) is 0 Å². The molecule has 0 amide bonds. The van der Waals surface area contributed by atoms with Crippen LogP contribution in [-0.4, -0.2) is 17.2 Å². The molecule has 2 rings (SSSR count). The Hall–Kier alpha value is -1.78. The van der Waals surface area contributed by atoms with Crippen molar-refractivity contribution in [1.29, 1.82) is 0 Å². The lowest BCUT2D eigenvalue weighted by molar-refractivity contribution is 0.0687. The molecule has 1 saturated carbocycles. The maximum atomic E-state index is 13.3. The number of nitrogens with two attached hydrogens (primary N) is 1. The standard InChI is InChI=1S/C13H16FNO3/c14-9-6-7-10(11(12(9)15)13(16)17)18-8-4-2-1-3-5-8/h6-8H,1-5,15H2,(H,16,17). The van der Waals surface area contributed by atoms with Gasteiger partial charge in [0.05, 0.1) is 11.8 Å². The molecule has 1 fully saturated rings. The number of anilines is 1. The van der Waals surface area contributed by atoms with Gasteiger partial charge in [-0.1, -0.05) is 6.42 Å². The maximum absolute atomic E-state index is 13.3. The molecule has 0 heterocycles. The van der Waals surface area contributed by atoms with E-state index in [1.807, 2.05) is 0 Å². The lowest BCUT2D eigenvalue weighted by atomic mass is 9.97. The van der Waals surface area contributed by atoms with Crippen molar-refractivity contribution in [3.63, 3.8) is 0 Å². The van der Waals surface area contributed by atoms with Crippen LogP contribution in [0.1, 0.15) is 42.5 Å². The van der Waals surface area contributed by atoms with Gasteiger partial charge in [0, 0.05) is 0 Å². The minimum Gasteiger partial charge on any atom is -0.489 e. The molecule has 0 aromatic heterocycles. The number of carbonyl (C=O) groups is 1. The highest BCUT2D eigenvalue weighted by Gasteiger charge is 2.22. The molecular formula is C13H16FNO3. The lowest BCUT2D eigenvalue weighted by Crippen LogP contribution is -2.21. The van der Waals surface area contributed by atoms with Gasteiger partial charge in [-0.2, -0.15) is 0 Å². The van der Waals surface area contributed by atoms with Gasteiger partial charge in [0.2, 0.25) is 0 Å². The first-order valence-electron chi connectivity index (χ1n) is 6.07. The Balaban J connectivity index is 2.26. The summed E-state index contributed by atoms with van der Waals surface area (Å²) in [6.45, 7) is 0. The molecule has 0 unspecified atom stereocenters. The van der Waals surface area contributed by atoms with Crippen LogP contribution in [0.15, 0.2) is 12.1 Å². The van der Waals surface area contributed by atoms with Crippen LogP contribution in [0.2, 0.25) is 0 Å². The number of nitrogen functional groups attached to an aromatic ring is 1. The Morgan fingerprint density at radius 1 is 1.33 bits per heavy atom. The van der Waals surface area contributed by atoms with E-state index >= 15 is 0 Å². The zero-order chi connectivity index (χ0) is 13.1. The SMILES string of the molecule is Nc1c(F)ccc(OC2CCCCC2)c1C(=O)O. The van der Waals surface area contributed by atoms with Crippen LogP contribution < -0.4 is 10.5 Å². The van der Waals surface area contributed by atoms with Crippen molar-refractivity contribution < 1.29 is 19.0 Å². The lowest BCUT2D eigenvalue weighted by Gasteiger charge is -2.24. The minimum absolute atomic E-state index is 0.00158. The van der Waals surface area contributed by atoms with E-state index in [0.29, 0.717) is 0 Å². The minimum atomic E-state index is -1.27. The second-order valence-electron chi connectivity index (χ2n) is 4.52. The zero-order valence-electron chi connectivity index (χ0n) is 9.99. The van der Waals surface area contributed by atoms with Gasteiger partial charge < -0.3 is 15.6 Å². The van der Waals surface area contributed by atoms with Gasteiger partial charge in [0.1, 0.15) is 17.1 Å². The molecule has 1 aliphatic rings. The molecule has 1 aromatic carbocycles. The Labute approximate surface area is 105 Å². The molecule has 0 bridgehead atoms. The average molecular weight is 253 g/mol. The Morgan fingerprint density at radius 2 is 2.00 bits per heavy atom.